The van der Waals surface area contributed by atoms with Crippen molar-refractivity contribution in [3.8, 4) is 23.0 Å². The Morgan fingerprint density at radius 2 is 1.27 bits per heavy atom. The summed E-state index contributed by atoms with van der Waals surface area (Å²) in [5, 5.41) is 38.0. The fraction of sp³-hybridized carbons (Fsp3) is 0.0909. The summed E-state index contributed by atoms with van der Waals surface area (Å²) in [6, 6.07) is 10.7. The van der Waals surface area contributed by atoms with Crippen LogP contribution in [0.2, 0.25) is 0 Å². The summed E-state index contributed by atoms with van der Waals surface area (Å²) in [5.41, 5.74) is 2.37. The lowest BCUT2D eigenvalue weighted by molar-refractivity contribution is -0.692. The van der Waals surface area contributed by atoms with E-state index in [0.29, 0.717) is 22.5 Å². The fourth-order valence-corrected chi connectivity index (χ4v) is 2.76. The maximum atomic E-state index is 12.5. The van der Waals surface area contributed by atoms with Crippen LogP contribution in [-0.2, 0) is 14.1 Å². The van der Waals surface area contributed by atoms with Crippen LogP contribution in [0.5, 0.6) is 23.0 Å². The third-order valence-electron chi connectivity index (χ3n) is 4.54. The minimum atomic E-state index is -0.228. The highest BCUT2D eigenvalue weighted by atomic mass is 35.5. The molecule has 3 rings (SSSR count). The van der Waals surface area contributed by atoms with Crippen molar-refractivity contribution in [3.63, 3.8) is 0 Å². The van der Waals surface area contributed by atoms with Crippen LogP contribution in [0.25, 0.3) is 24.3 Å². The monoisotopic (exact) mass is 428 g/mol. The molecule has 3 aromatic rings. The largest absolute Gasteiger partial charge is 1.00 e. The van der Waals surface area contributed by atoms with Gasteiger partial charge >= 0.3 is 5.69 Å². The zero-order valence-corrected chi connectivity index (χ0v) is 17.1. The van der Waals surface area contributed by atoms with Crippen molar-refractivity contribution in [1.29, 1.82) is 0 Å². The first-order valence-electron chi connectivity index (χ1n) is 8.76. The van der Waals surface area contributed by atoms with E-state index < -0.39 is 0 Å². The van der Waals surface area contributed by atoms with Crippen molar-refractivity contribution in [2.75, 3.05) is 0 Å². The molecular formula is C22H21ClN2O5. The minimum absolute atomic E-state index is 0. The predicted molar refractivity (Wildman–Crippen MR) is 110 cm³/mol. The highest BCUT2D eigenvalue weighted by Gasteiger charge is 2.13. The molecule has 0 spiro atoms. The Kier molecular flexibility index (Phi) is 6.92. The molecule has 30 heavy (non-hydrogen) atoms. The van der Waals surface area contributed by atoms with E-state index in [4.69, 9.17) is 0 Å². The van der Waals surface area contributed by atoms with Crippen molar-refractivity contribution in [2.45, 2.75) is 0 Å². The number of nitrogens with zero attached hydrogens (tertiary/aromatic N) is 2. The van der Waals surface area contributed by atoms with Gasteiger partial charge in [0.1, 0.15) is 11.4 Å². The number of phenolic OH excluding ortho intramolecular Hbond substituents is 4. The van der Waals surface area contributed by atoms with Crippen molar-refractivity contribution < 1.29 is 37.4 Å². The number of hydrogen-bond acceptors (Lipinski definition) is 5. The standard InChI is InChI=1S/C22H20N2O5.ClH/c1-23-16(7-3-14-5-9-18(25)20(27)11-14)13-17(24(2)22(23)29)8-4-15-6-10-19(26)21(28)12-15;/h3-13H,1-2H3,(H3,25,26,27,28);1H. The number of phenols is 4. The summed E-state index contributed by atoms with van der Waals surface area (Å²) in [5.74, 6) is -0.842. The van der Waals surface area contributed by atoms with Crippen LogP contribution in [0.3, 0.4) is 0 Å². The molecule has 7 nitrogen and oxygen atoms in total. The summed E-state index contributed by atoms with van der Waals surface area (Å²) in [4.78, 5) is 12.5. The molecule has 1 aromatic heterocycles. The quantitative estimate of drug-likeness (QED) is 0.327. The molecule has 0 fully saturated rings. The van der Waals surface area contributed by atoms with Crippen molar-refractivity contribution in [1.82, 2.24) is 4.57 Å². The van der Waals surface area contributed by atoms with Crippen molar-refractivity contribution in [2.24, 2.45) is 14.1 Å². The number of benzene rings is 2. The van der Waals surface area contributed by atoms with Gasteiger partial charge < -0.3 is 32.8 Å². The Bertz CT molecular complexity index is 1110. The molecule has 1 heterocycles. The van der Waals surface area contributed by atoms with Crippen LogP contribution in [0.1, 0.15) is 22.5 Å². The molecule has 0 atom stereocenters. The van der Waals surface area contributed by atoms with Crippen LogP contribution in [0.15, 0.2) is 47.3 Å². The lowest BCUT2D eigenvalue weighted by atomic mass is 10.1. The first-order chi connectivity index (χ1) is 13.8. The SMILES string of the molecule is Cn1c(/C=C/c2ccc(O)c(O)c2)cc(/C=C/c2ccc(O)c(O)c2)[n+](C)c1=O.[Cl-]. The van der Waals surface area contributed by atoms with E-state index in [1.807, 2.05) is 6.07 Å². The second kappa shape index (κ2) is 9.19. The predicted octanol–water partition coefficient (Wildman–Crippen LogP) is -0.623. The normalized spacial score (nSPS) is 11.1. The van der Waals surface area contributed by atoms with E-state index in [1.54, 1.807) is 50.5 Å². The summed E-state index contributed by atoms with van der Waals surface area (Å²) < 4.78 is 2.97. The van der Waals surface area contributed by atoms with Gasteiger partial charge in [-0.05, 0) is 47.5 Å². The second-order valence-electron chi connectivity index (χ2n) is 6.56. The molecule has 0 amide bonds. The number of aromatic hydroxyl groups is 4. The Hall–Kier alpha value is -3.71. The molecule has 0 saturated carbocycles. The average Bonchev–Trinajstić information content (AvgIpc) is 2.70. The molecule has 0 bridgehead atoms. The molecule has 0 aliphatic carbocycles. The third kappa shape index (κ3) is 4.82. The van der Waals surface area contributed by atoms with E-state index in [9.17, 15) is 25.2 Å². The Morgan fingerprint density at radius 3 is 1.77 bits per heavy atom. The van der Waals surface area contributed by atoms with Crippen molar-refractivity contribution in [3.05, 3.63) is 75.5 Å². The number of halogens is 1. The molecule has 0 aliphatic rings. The fourth-order valence-electron chi connectivity index (χ4n) is 2.76. The maximum absolute atomic E-state index is 12.5. The molecular weight excluding hydrogens is 408 g/mol. The zero-order chi connectivity index (χ0) is 21.1. The van der Waals surface area contributed by atoms with Gasteiger partial charge in [0.15, 0.2) is 23.0 Å². The summed E-state index contributed by atoms with van der Waals surface area (Å²) in [6.07, 6.45) is 6.91. The molecule has 156 valence electrons. The Labute approximate surface area is 179 Å². The van der Waals surface area contributed by atoms with Crippen LogP contribution in [0.4, 0.5) is 0 Å². The highest BCUT2D eigenvalue weighted by Crippen LogP contribution is 2.26. The van der Waals surface area contributed by atoms with E-state index in [0.717, 1.165) is 0 Å². The lowest BCUT2D eigenvalue weighted by Crippen LogP contribution is -3.00. The van der Waals surface area contributed by atoms with Gasteiger partial charge in [-0.15, -0.1) is 0 Å². The number of rotatable bonds is 4. The maximum Gasteiger partial charge on any atom is 0.498 e. The average molecular weight is 429 g/mol. The minimum Gasteiger partial charge on any atom is -1.00 e. The molecule has 0 aliphatic heterocycles. The zero-order valence-electron chi connectivity index (χ0n) is 16.3. The molecule has 0 unspecified atom stereocenters. The first-order valence-corrected chi connectivity index (χ1v) is 8.76. The van der Waals surface area contributed by atoms with Gasteiger partial charge in [-0.3, -0.25) is 0 Å². The summed E-state index contributed by atoms with van der Waals surface area (Å²) in [6.45, 7) is 0. The molecule has 4 N–H and O–H groups in total. The van der Waals surface area contributed by atoms with E-state index in [-0.39, 0.29) is 41.1 Å². The first kappa shape index (κ1) is 22.6. The van der Waals surface area contributed by atoms with E-state index in [1.165, 1.54) is 33.4 Å². The van der Waals surface area contributed by atoms with E-state index in [2.05, 4.69) is 0 Å². The third-order valence-corrected chi connectivity index (χ3v) is 4.54. The van der Waals surface area contributed by atoms with E-state index >= 15 is 0 Å². The number of aromatic nitrogens is 2. The summed E-state index contributed by atoms with van der Waals surface area (Å²) >= 11 is 0. The van der Waals surface area contributed by atoms with Gasteiger partial charge in [0.25, 0.3) is 0 Å². The lowest BCUT2D eigenvalue weighted by Gasteiger charge is -2.04. The van der Waals surface area contributed by atoms with Gasteiger partial charge in [0.05, 0.1) is 14.1 Å². The van der Waals surface area contributed by atoms with Gasteiger partial charge in [-0.1, -0.05) is 24.3 Å². The van der Waals surface area contributed by atoms with Crippen LogP contribution >= 0.6 is 0 Å². The van der Waals surface area contributed by atoms with Gasteiger partial charge in [-0.2, -0.15) is 13.9 Å². The molecule has 2 aromatic carbocycles. The number of hydrogen-bond donors (Lipinski definition) is 4. The van der Waals surface area contributed by atoms with Crippen molar-refractivity contribution >= 4 is 24.3 Å². The highest BCUT2D eigenvalue weighted by molar-refractivity contribution is 5.72. The summed E-state index contributed by atoms with van der Waals surface area (Å²) in [7, 11) is 3.31. The van der Waals surface area contributed by atoms with Crippen LogP contribution < -0.4 is 22.7 Å². The second-order valence-corrected chi connectivity index (χ2v) is 6.56. The molecule has 0 saturated heterocycles. The molecule has 0 radical (unpaired) electrons. The smallest absolute Gasteiger partial charge is 0.498 e. The Balaban J connectivity index is 0.00000320. The van der Waals surface area contributed by atoms with Gasteiger partial charge in [-0.25, -0.2) is 0 Å². The Morgan fingerprint density at radius 1 is 0.767 bits per heavy atom. The topological polar surface area (TPSA) is 107 Å². The van der Waals surface area contributed by atoms with Gasteiger partial charge in [0.2, 0.25) is 0 Å². The van der Waals surface area contributed by atoms with Crippen LogP contribution in [-0.4, -0.2) is 25.0 Å². The molecule has 8 heteroatoms. The van der Waals surface area contributed by atoms with Gasteiger partial charge in [0, 0.05) is 6.07 Å². The van der Waals surface area contributed by atoms with Crippen LogP contribution in [0, 0.1) is 0 Å².